The SMILES string of the molecule is C=CC(=O)Nc1cc(Nc2nc(-c3ccnc(N4CCc5c(ccc6c5CC(C)(C)C6)C4=O)c3CO)cn(C)c2=O)ccc1N1CCN(C2COC2)C[C@@H]1C. The van der Waals surface area contributed by atoms with E-state index in [0.29, 0.717) is 58.6 Å². The van der Waals surface area contributed by atoms with Gasteiger partial charge in [0.1, 0.15) is 5.82 Å². The molecule has 2 fully saturated rings. The summed E-state index contributed by atoms with van der Waals surface area (Å²) in [5.41, 5.74) is 7.64. The van der Waals surface area contributed by atoms with Crippen LogP contribution in [0.1, 0.15) is 53.4 Å². The number of benzene rings is 2. The highest BCUT2D eigenvalue weighted by Crippen LogP contribution is 2.41. The number of carbonyl (C=O) groups is 2. The van der Waals surface area contributed by atoms with Crippen LogP contribution >= 0.6 is 0 Å². The number of hydrogen-bond acceptors (Lipinski definition) is 10. The number of piperazine rings is 1. The van der Waals surface area contributed by atoms with E-state index in [1.807, 2.05) is 18.2 Å². The standard InChI is InChI=1S/C42H48N8O5/c1-6-37(52)45-34-17-27(8-10-36(34)49-16-15-48(20-25(49)2)28-23-55-24-28)44-38-41(54)47(5)21-35(46-38)30-11-13-43-39(33(30)22-51)50-14-12-29-31(40(50)53)9-7-26-18-42(3,4)19-32(26)29/h6-11,13,17,21,25,28,51H,1,12,14-16,18-20,22-24H2,2-5H3,(H,44,46)(H,45,52)/t25-/m0/s1. The van der Waals surface area contributed by atoms with Crippen molar-refractivity contribution in [2.45, 2.75) is 58.7 Å². The first-order valence-corrected chi connectivity index (χ1v) is 19.0. The van der Waals surface area contributed by atoms with E-state index < -0.39 is 6.61 Å². The Hall–Kier alpha value is -5.37. The number of hydrogen-bond donors (Lipinski definition) is 3. The van der Waals surface area contributed by atoms with E-state index >= 15 is 0 Å². The Balaban J connectivity index is 1.09. The van der Waals surface area contributed by atoms with Gasteiger partial charge in [0.25, 0.3) is 11.5 Å². The maximum absolute atomic E-state index is 14.1. The van der Waals surface area contributed by atoms with E-state index in [1.54, 1.807) is 36.5 Å². The first-order chi connectivity index (χ1) is 26.4. The molecular formula is C42H48N8O5. The second-order valence-electron chi connectivity index (χ2n) is 15.9. The molecule has 1 aliphatic carbocycles. The fraction of sp³-hybridized carbons (Fsp3) is 0.405. The van der Waals surface area contributed by atoms with Crippen LogP contribution in [-0.2, 0) is 42.4 Å². The maximum Gasteiger partial charge on any atom is 0.293 e. The molecule has 55 heavy (non-hydrogen) atoms. The highest BCUT2D eigenvalue weighted by Gasteiger charge is 2.36. The molecule has 0 spiro atoms. The summed E-state index contributed by atoms with van der Waals surface area (Å²) in [7, 11) is 1.64. The number of nitrogens with one attached hydrogen (secondary N) is 2. The molecule has 5 heterocycles. The molecule has 8 rings (SSSR count). The molecule has 0 bridgehead atoms. The number of aryl methyl sites for hydroxylation is 1. The molecule has 286 valence electrons. The van der Waals surface area contributed by atoms with Crippen molar-refractivity contribution in [1.29, 1.82) is 0 Å². The molecular weight excluding hydrogens is 697 g/mol. The van der Waals surface area contributed by atoms with E-state index in [1.165, 1.54) is 21.8 Å². The molecule has 2 aromatic heterocycles. The molecule has 0 radical (unpaired) electrons. The second kappa shape index (κ2) is 14.4. The number of pyridine rings is 1. The topological polar surface area (TPSA) is 145 Å². The van der Waals surface area contributed by atoms with Crippen molar-refractivity contribution in [3.63, 3.8) is 0 Å². The van der Waals surface area contributed by atoms with E-state index in [4.69, 9.17) is 9.72 Å². The van der Waals surface area contributed by atoms with Gasteiger partial charge in [0, 0.05) is 74.0 Å². The number of rotatable bonds is 9. The van der Waals surface area contributed by atoms with Crippen LogP contribution in [0.15, 0.2) is 66.2 Å². The van der Waals surface area contributed by atoms with Gasteiger partial charge in [0.2, 0.25) is 5.91 Å². The number of anilines is 5. The summed E-state index contributed by atoms with van der Waals surface area (Å²) in [4.78, 5) is 55.9. The predicted octanol–water partition coefficient (Wildman–Crippen LogP) is 4.44. The van der Waals surface area contributed by atoms with Crippen LogP contribution in [0.5, 0.6) is 0 Å². The van der Waals surface area contributed by atoms with E-state index in [0.717, 1.165) is 56.9 Å². The second-order valence-corrected chi connectivity index (χ2v) is 15.9. The minimum atomic E-state index is -0.393. The van der Waals surface area contributed by atoms with Crippen molar-refractivity contribution in [3.8, 4) is 11.3 Å². The molecule has 3 N–H and O–H groups in total. The Morgan fingerprint density at radius 1 is 1.07 bits per heavy atom. The van der Waals surface area contributed by atoms with Gasteiger partial charge in [-0.15, -0.1) is 0 Å². The van der Waals surface area contributed by atoms with E-state index in [-0.39, 0.29) is 34.6 Å². The lowest BCUT2D eigenvalue weighted by Gasteiger charge is -2.46. The lowest BCUT2D eigenvalue weighted by molar-refractivity contribution is -0.111. The quantitative estimate of drug-likeness (QED) is 0.211. The Morgan fingerprint density at radius 2 is 1.89 bits per heavy atom. The fourth-order valence-corrected chi connectivity index (χ4v) is 8.66. The number of fused-ring (bicyclic) bond motifs is 3. The molecule has 3 aliphatic heterocycles. The average Bonchev–Trinajstić information content (AvgIpc) is 3.47. The smallest absolute Gasteiger partial charge is 0.293 e. The molecule has 1 atom stereocenters. The molecule has 13 nitrogen and oxygen atoms in total. The van der Waals surface area contributed by atoms with Crippen molar-refractivity contribution in [2.24, 2.45) is 12.5 Å². The number of ether oxygens (including phenoxy) is 1. The van der Waals surface area contributed by atoms with Crippen molar-refractivity contribution in [1.82, 2.24) is 19.4 Å². The first-order valence-electron chi connectivity index (χ1n) is 19.0. The molecule has 13 heteroatoms. The highest BCUT2D eigenvalue weighted by atomic mass is 16.5. The maximum atomic E-state index is 14.1. The van der Waals surface area contributed by atoms with Crippen LogP contribution in [0.2, 0.25) is 0 Å². The zero-order valence-electron chi connectivity index (χ0n) is 31.9. The van der Waals surface area contributed by atoms with Gasteiger partial charge in [-0.3, -0.25) is 24.2 Å². The van der Waals surface area contributed by atoms with Gasteiger partial charge in [0.15, 0.2) is 5.82 Å². The van der Waals surface area contributed by atoms with Crippen molar-refractivity contribution in [3.05, 3.63) is 99.6 Å². The highest BCUT2D eigenvalue weighted by molar-refractivity contribution is 6.08. The molecule has 4 aromatic rings. The summed E-state index contributed by atoms with van der Waals surface area (Å²) in [5.74, 6) is -0.0619. The van der Waals surface area contributed by atoms with Crippen LogP contribution < -0.4 is 26.0 Å². The molecule has 2 saturated heterocycles. The number of nitrogens with zero attached hydrogens (tertiary/aromatic N) is 6. The lowest BCUT2D eigenvalue weighted by atomic mass is 9.88. The van der Waals surface area contributed by atoms with Gasteiger partial charge in [-0.2, -0.15) is 0 Å². The monoisotopic (exact) mass is 744 g/mol. The van der Waals surface area contributed by atoms with Crippen LogP contribution in [0.25, 0.3) is 11.3 Å². The Morgan fingerprint density at radius 3 is 2.62 bits per heavy atom. The predicted molar refractivity (Wildman–Crippen MR) is 213 cm³/mol. The summed E-state index contributed by atoms with van der Waals surface area (Å²) >= 11 is 0. The van der Waals surface area contributed by atoms with Gasteiger partial charge < -0.3 is 29.9 Å². The summed E-state index contributed by atoms with van der Waals surface area (Å²) in [5, 5.41) is 16.9. The van der Waals surface area contributed by atoms with Gasteiger partial charge >= 0.3 is 0 Å². The van der Waals surface area contributed by atoms with Gasteiger partial charge in [-0.05, 0) is 84.7 Å². The third-order valence-electron chi connectivity index (χ3n) is 11.5. The molecule has 2 amide bonds. The van der Waals surface area contributed by atoms with Gasteiger partial charge in [0.05, 0.1) is 42.9 Å². The third kappa shape index (κ3) is 6.81. The van der Waals surface area contributed by atoms with Gasteiger partial charge in [-0.1, -0.05) is 26.5 Å². The van der Waals surface area contributed by atoms with Crippen LogP contribution in [0.4, 0.5) is 28.7 Å². The molecule has 0 unspecified atom stereocenters. The number of aliphatic hydroxyl groups excluding tert-OH is 1. The minimum absolute atomic E-state index is 0.0560. The summed E-state index contributed by atoms with van der Waals surface area (Å²) in [6.07, 6.45) is 7.09. The van der Waals surface area contributed by atoms with Gasteiger partial charge in [-0.25, -0.2) is 9.97 Å². The van der Waals surface area contributed by atoms with Crippen molar-refractivity contribution >= 4 is 40.5 Å². The number of aliphatic hydroxyl groups is 1. The molecule has 4 aliphatic rings. The Bertz CT molecular complexity index is 2260. The Kier molecular flexibility index (Phi) is 9.56. The zero-order chi connectivity index (χ0) is 38.6. The summed E-state index contributed by atoms with van der Waals surface area (Å²) in [6, 6.07) is 12.0. The minimum Gasteiger partial charge on any atom is -0.392 e. The number of carbonyl (C=O) groups excluding carboxylic acids is 2. The average molecular weight is 745 g/mol. The van der Waals surface area contributed by atoms with Crippen molar-refractivity contribution < 1.29 is 19.4 Å². The summed E-state index contributed by atoms with van der Waals surface area (Å²) < 4.78 is 6.85. The number of aromatic nitrogens is 3. The first kappa shape index (κ1) is 36.6. The number of amides is 2. The van der Waals surface area contributed by atoms with E-state index in [2.05, 4.69) is 58.8 Å². The zero-order valence-corrected chi connectivity index (χ0v) is 31.9. The Labute approximate surface area is 320 Å². The molecule has 0 saturated carbocycles. The summed E-state index contributed by atoms with van der Waals surface area (Å²) in [6.45, 7) is 14.4. The normalized spacial score (nSPS) is 19.4. The fourth-order valence-electron chi connectivity index (χ4n) is 8.66. The largest absolute Gasteiger partial charge is 0.392 e. The third-order valence-corrected chi connectivity index (χ3v) is 11.5. The van der Waals surface area contributed by atoms with Crippen LogP contribution in [0.3, 0.4) is 0 Å². The van der Waals surface area contributed by atoms with Crippen molar-refractivity contribution in [2.75, 3.05) is 59.8 Å². The van der Waals surface area contributed by atoms with Crippen LogP contribution in [0, 0.1) is 5.41 Å². The van der Waals surface area contributed by atoms with E-state index in [9.17, 15) is 19.5 Å². The lowest BCUT2D eigenvalue weighted by Crippen LogP contribution is -2.59. The van der Waals surface area contributed by atoms with Crippen LogP contribution in [-0.4, -0.2) is 87.8 Å². The molecule has 2 aromatic carbocycles.